The molecule has 0 aromatic heterocycles. The monoisotopic (exact) mass is 392 g/mol. The maximum Gasteiger partial charge on any atom is 0.314 e. The molecule has 28 heavy (non-hydrogen) atoms. The van der Waals surface area contributed by atoms with E-state index in [0.717, 1.165) is 38.2 Å². The highest BCUT2D eigenvalue weighted by Crippen LogP contribution is 2.27. The third kappa shape index (κ3) is 6.56. The van der Waals surface area contributed by atoms with Crippen molar-refractivity contribution in [2.75, 3.05) is 60.5 Å². The number of carbonyl (C=O) groups is 1. The van der Waals surface area contributed by atoms with Gasteiger partial charge >= 0.3 is 6.03 Å². The predicted molar refractivity (Wildman–Crippen MR) is 112 cm³/mol. The quantitative estimate of drug-likeness (QED) is 0.671. The minimum atomic E-state index is -0.111. The maximum atomic E-state index is 12.2. The van der Waals surface area contributed by atoms with E-state index in [1.807, 2.05) is 18.2 Å². The van der Waals surface area contributed by atoms with Crippen molar-refractivity contribution in [2.24, 2.45) is 5.92 Å². The lowest BCUT2D eigenvalue weighted by atomic mass is 10.0. The second-order valence-corrected chi connectivity index (χ2v) is 7.73. The van der Waals surface area contributed by atoms with Gasteiger partial charge in [-0.1, -0.05) is 19.9 Å². The molecule has 2 rings (SSSR count). The van der Waals surface area contributed by atoms with Crippen molar-refractivity contribution in [3.63, 3.8) is 0 Å². The molecule has 1 aromatic carbocycles. The van der Waals surface area contributed by atoms with Crippen LogP contribution >= 0.6 is 0 Å². The Kier molecular flexibility index (Phi) is 8.86. The number of hydrogen-bond donors (Lipinski definition) is 2. The molecule has 158 valence electrons. The van der Waals surface area contributed by atoms with Gasteiger partial charge in [-0.25, -0.2) is 4.79 Å². The summed E-state index contributed by atoms with van der Waals surface area (Å²) < 4.78 is 10.6. The van der Waals surface area contributed by atoms with Crippen LogP contribution in [0.25, 0.3) is 0 Å². The first-order chi connectivity index (χ1) is 13.4. The van der Waals surface area contributed by atoms with Crippen LogP contribution in [0.5, 0.6) is 11.5 Å². The first kappa shape index (κ1) is 22.3. The van der Waals surface area contributed by atoms with E-state index in [9.17, 15) is 4.79 Å². The summed E-state index contributed by atoms with van der Waals surface area (Å²) >= 11 is 0. The Balaban J connectivity index is 1.75. The SMILES string of the molecule is COc1ccc(CCNC(=O)NCC(C(C)C)N2CCN(C)CC2)cc1OC. The zero-order valence-corrected chi connectivity index (χ0v) is 18.0. The minimum Gasteiger partial charge on any atom is -0.493 e. The lowest BCUT2D eigenvalue weighted by Crippen LogP contribution is -2.55. The van der Waals surface area contributed by atoms with Gasteiger partial charge < -0.3 is 25.0 Å². The molecule has 1 fully saturated rings. The fourth-order valence-electron chi connectivity index (χ4n) is 3.56. The number of piperazine rings is 1. The lowest BCUT2D eigenvalue weighted by Gasteiger charge is -2.39. The van der Waals surface area contributed by atoms with Gasteiger partial charge in [0.2, 0.25) is 0 Å². The molecule has 0 aliphatic carbocycles. The van der Waals surface area contributed by atoms with Gasteiger partial charge in [0.15, 0.2) is 11.5 Å². The van der Waals surface area contributed by atoms with E-state index in [1.54, 1.807) is 14.2 Å². The summed E-state index contributed by atoms with van der Waals surface area (Å²) in [5.41, 5.74) is 1.09. The lowest BCUT2D eigenvalue weighted by molar-refractivity contribution is 0.0887. The molecule has 2 amide bonds. The normalized spacial score (nSPS) is 16.6. The maximum absolute atomic E-state index is 12.2. The van der Waals surface area contributed by atoms with Crippen molar-refractivity contribution in [1.82, 2.24) is 20.4 Å². The largest absolute Gasteiger partial charge is 0.493 e. The van der Waals surface area contributed by atoms with E-state index in [2.05, 4.69) is 41.3 Å². The van der Waals surface area contributed by atoms with Crippen molar-refractivity contribution in [2.45, 2.75) is 26.3 Å². The molecule has 1 saturated heterocycles. The van der Waals surface area contributed by atoms with Crippen LogP contribution in [0, 0.1) is 5.92 Å². The molecular formula is C21H36N4O3. The van der Waals surface area contributed by atoms with Gasteiger partial charge in [0.25, 0.3) is 0 Å². The molecule has 7 heteroatoms. The second-order valence-electron chi connectivity index (χ2n) is 7.73. The van der Waals surface area contributed by atoms with Gasteiger partial charge in [0.1, 0.15) is 0 Å². The number of rotatable bonds is 9. The van der Waals surface area contributed by atoms with Crippen molar-refractivity contribution in [3.05, 3.63) is 23.8 Å². The summed E-state index contributed by atoms with van der Waals surface area (Å²) in [7, 11) is 5.40. The van der Waals surface area contributed by atoms with Gasteiger partial charge in [0.05, 0.1) is 14.2 Å². The van der Waals surface area contributed by atoms with Crippen LogP contribution in [0.15, 0.2) is 18.2 Å². The van der Waals surface area contributed by atoms with Gasteiger partial charge in [-0.2, -0.15) is 0 Å². The van der Waals surface area contributed by atoms with Gasteiger partial charge in [-0.15, -0.1) is 0 Å². The topological polar surface area (TPSA) is 66.1 Å². The summed E-state index contributed by atoms with van der Waals surface area (Å²) in [4.78, 5) is 17.1. The number of hydrogen-bond acceptors (Lipinski definition) is 5. The number of ether oxygens (including phenoxy) is 2. The van der Waals surface area contributed by atoms with E-state index < -0.39 is 0 Å². The Morgan fingerprint density at radius 3 is 2.36 bits per heavy atom. The molecule has 1 aliphatic rings. The van der Waals surface area contributed by atoms with Crippen LogP contribution in [0.4, 0.5) is 4.79 Å². The molecule has 0 saturated carbocycles. The average Bonchev–Trinajstić information content (AvgIpc) is 2.69. The van der Waals surface area contributed by atoms with E-state index in [0.29, 0.717) is 36.5 Å². The molecule has 2 N–H and O–H groups in total. The molecule has 0 radical (unpaired) electrons. The number of urea groups is 1. The summed E-state index contributed by atoms with van der Waals surface area (Å²) in [5.74, 6) is 1.91. The van der Waals surface area contributed by atoms with Crippen LogP contribution in [0.1, 0.15) is 19.4 Å². The Morgan fingerprint density at radius 2 is 1.75 bits per heavy atom. The summed E-state index contributed by atoms with van der Waals surface area (Å²) in [6.07, 6.45) is 0.736. The summed E-state index contributed by atoms with van der Waals surface area (Å²) in [6, 6.07) is 6.08. The zero-order valence-electron chi connectivity index (χ0n) is 18.0. The van der Waals surface area contributed by atoms with Crippen molar-refractivity contribution in [1.29, 1.82) is 0 Å². The molecular weight excluding hydrogens is 356 g/mol. The van der Waals surface area contributed by atoms with Crippen molar-refractivity contribution in [3.8, 4) is 11.5 Å². The fraction of sp³-hybridized carbons (Fsp3) is 0.667. The van der Waals surface area contributed by atoms with Crippen LogP contribution in [-0.4, -0.2) is 82.4 Å². The Hall–Kier alpha value is -1.99. The minimum absolute atomic E-state index is 0.111. The van der Waals surface area contributed by atoms with Crippen LogP contribution < -0.4 is 20.1 Å². The molecule has 1 unspecified atom stereocenters. The van der Waals surface area contributed by atoms with E-state index in [4.69, 9.17) is 9.47 Å². The van der Waals surface area contributed by atoms with Gasteiger partial charge in [-0.3, -0.25) is 4.90 Å². The van der Waals surface area contributed by atoms with E-state index in [-0.39, 0.29) is 6.03 Å². The van der Waals surface area contributed by atoms with Crippen molar-refractivity contribution < 1.29 is 14.3 Å². The molecule has 1 atom stereocenters. The average molecular weight is 393 g/mol. The van der Waals surface area contributed by atoms with Crippen LogP contribution in [0.3, 0.4) is 0 Å². The first-order valence-electron chi connectivity index (χ1n) is 10.1. The molecule has 0 spiro atoms. The summed E-state index contributed by atoms with van der Waals surface area (Å²) in [6.45, 7) is 9.97. The van der Waals surface area contributed by atoms with Gasteiger partial charge in [0, 0.05) is 45.3 Å². The second kappa shape index (κ2) is 11.1. The van der Waals surface area contributed by atoms with Crippen LogP contribution in [-0.2, 0) is 6.42 Å². The third-order valence-corrected chi connectivity index (χ3v) is 5.40. The zero-order chi connectivity index (χ0) is 20.5. The number of carbonyl (C=O) groups excluding carboxylic acids is 1. The van der Waals surface area contributed by atoms with Crippen molar-refractivity contribution >= 4 is 6.03 Å². The van der Waals surface area contributed by atoms with Gasteiger partial charge in [-0.05, 0) is 37.1 Å². The number of nitrogens with zero attached hydrogens (tertiary/aromatic N) is 2. The first-order valence-corrected chi connectivity index (χ1v) is 10.1. The Labute approximate surface area is 169 Å². The molecule has 1 aromatic rings. The molecule has 1 heterocycles. The smallest absolute Gasteiger partial charge is 0.314 e. The summed E-state index contributed by atoms with van der Waals surface area (Å²) in [5, 5.41) is 6.00. The third-order valence-electron chi connectivity index (χ3n) is 5.40. The number of likely N-dealkylation sites (N-methyl/N-ethyl adjacent to an activating group) is 1. The molecule has 0 bridgehead atoms. The van der Waals surface area contributed by atoms with E-state index in [1.165, 1.54) is 0 Å². The number of benzene rings is 1. The highest BCUT2D eigenvalue weighted by molar-refractivity contribution is 5.73. The van der Waals surface area contributed by atoms with E-state index >= 15 is 0 Å². The number of nitrogens with one attached hydrogen (secondary N) is 2. The predicted octanol–water partition coefficient (Wildman–Crippen LogP) is 1.82. The fourth-order valence-corrected chi connectivity index (χ4v) is 3.56. The highest BCUT2D eigenvalue weighted by Gasteiger charge is 2.25. The molecule has 1 aliphatic heterocycles. The van der Waals surface area contributed by atoms with Crippen LogP contribution in [0.2, 0.25) is 0 Å². The Bertz CT molecular complexity index is 616. The number of methoxy groups -OCH3 is 2. The Morgan fingerprint density at radius 1 is 1.07 bits per heavy atom. The number of amides is 2. The molecule has 7 nitrogen and oxygen atoms in total. The highest BCUT2D eigenvalue weighted by atomic mass is 16.5. The standard InChI is InChI=1S/C21H36N4O3/c1-16(2)18(25-12-10-24(3)11-13-25)15-23-21(26)22-9-8-17-6-7-19(27-4)20(14-17)28-5/h6-7,14,16,18H,8-13,15H2,1-5H3,(H2,22,23,26).